The van der Waals surface area contributed by atoms with Crippen LogP contribution in [0.15, 0.2) is 34.8 Å². The Bertz CT molecular complexity index is 565. The zero-order valence-corrected chi connectivity index (χ0v) is 11.9. The number of likely N-dealkylation sites (tertiary alicyclic amines) is 1. The van der Waals surface area contributed by atoms with Gasteiger partial charge in [0.05, 0.1) is 6.26 Å². The number of furan rings is 1. The van der Waals surface area contributed by atoms with Crippen LogP contribution in [0.2, 0.25) is 0 Å². The summed E-state index contributed by atoms with van der Waals surface area (Å²) in [6, 6.07) is 3.30. The summed E-state index contributed by atoms with van der Waals surface area (Å²) in [6.07, 6.45) is 3.21. The first kappa shape index (κ1) is 14.8. The second-order valence-corrected chi connectivity index (χ2v) is 6.51. The molecule has 0 spiro atoms. The molecule has 1 aromatic rings. The summed E-state index contributed by atoms with van der Waals surface area (Å²) < 4.78 is 30.2. The van der Waals surface area contributed by atoms with E-state index in [0.29, 0.717) is 25.4 Å². The van der Waals surface area contributed by atoms with Gasteiger partial charge in [0.2, 0.25) is 10.0 Å². The molecule has 0 bridgehead atoms. The van der Waals surface area contributed by atoms with Crippen molar-refractivity contribution in [2.24, 2.45) is 5.92 Å². The molecule has 1 N–H and O–H groups in total. The van der Waals surface area contributed by atoms with Crippen LogP contribution >= 0.6 is 0 Å². The van der Waals surface area contributed by atoms with Gasteiger partial charge in [-0.25, -0.2) is 13.1 Å². The summed E-state index contributed by atoms with van der Waals surface area (Å²) in [7, 11) is -3.41. The summed E-state index contributed by atoms with van der Waals surface area (Å²) in [5.74, 6) is 0.279. The molecule has 1 atom stereocenters. The van der Waals surface area contributed by atoms with E-state index in [9.17, 15) is 13.2 Å². The lowest BCUT2D eigenvalue weighted by Gasteiger charge is -2.32. The van der Waals surface area contributed by atoms with Gasteiger partial charge in [0.15, 0.2) is 5.76 Å². The minimum absolute atomic E-state index is 0.109. The molecule has 110 valence electrons. The maximum atomic E-state index is 12.1. The molecule has 0 saturated carbocycles. The standard InChI is InChI=1S/C13H18N2O4S/c1-2-20(17,18)14-9-11-5-3-7-15(10-11)13(16)12-6-4-8-19-12/h2,4,6,8,11,14H,1,3,5,7,9-10H2. The van der Waals surface area contributed by atoms with E-state index in [4.69, 9.17) is 4.42 Å². The van der Waals surface area contributed by atoms with Crippen molar-refractivity contribution >= 4 is 15.9 Å². The monoisotopic (exact) mass is 298 g/mol. The predicted molar refractivity (Wildman–Crippen MR) is 74.5 cm³/mol. The van der Waals surface area contributed by atoms with Crippen molar-refractivity contribution in [2.45, 2.75) is 12.8 Å². The molecular formula is C13H18N2O4S. The van der Waals surface area contributed by atoms with Crippen LogP contribution in [0.3, 0.4) is 0 Å². The Balaban J connectivity index is 1.92. The highest BCUT2D eigenvalue weighted by molar-refractivity contribution is 7.92. The van der Waals surface area contributed by atoms with Crippen molar-refractivity contribution in [1.82, 2.24) is 9.62 Å². The average Bonchev–Trinajstić information content (AvgIpc) is 2.99. The number of carbonyl (C=O) groups excluding carboxylic acids is 1. The summed E-state index contributed by atoms with van der Waals surface area (Å²) in [6.45, 7) is 4.76. The second-order valence-electron chi connectivity index (χ2n) is 4.80. The average molecular weight is 298 g/mol. The molecule has 20 heavy (non-hydrogen) atoms. The number of rotatable bonds is 5. The second kappa shape index (κ2) is 6.23. The smallest absolute Gasteiger partial charge is 0.289 e. The van der Waals surface area contributed by atoms with Gasteiger partial charge >= 0.3 is 0 Å². The van der Waals surface area contributed by atoms with E-state index < -0.39 is 10.0 Å². The van der Waals surface area contributed by atoms with Crippen LogP contribution in [0.25, 0.3) is 0 Å². The first-order valence-corrected chi connectivity index (χ1v) is 8.01. The maximum absolute atomic E-state index is 12.1. The number of nitrogens with zero attached hydrogens (tertiary/aromatic N) is 1. The normalized spacial score (nSPS) is 19.8. The van der Waals surface area contributed by atoms with Gasteiger partial charge in [0.1, 0.15) is 0 Å². The Labute approximate surface area is 118 Å². The molecule has 2 rings (SSSR count). The van der Waals surface area contributed by atoms with Crippen molar-refractivity contribution in [1.29, 1.82) is 0 Å². The summed E-state index contributed by atoms with van der Waals surface area (Å²) in [5, 5.41) is 0.890. The SMILES string of the molecule is C=CS(=O)(=O)NCC1CCCN(C(=O)c2ccco2)C1. The fourth-order valence-corrected chi connectivity index (χ4v) is 2.85. The first-order chi connectivity index (χ1) is 9.52. The van der Waals surface area contributed by atoms with Crippen LogP contribution in [0.1, 0.15) is 23.4 Å². The molecular weight excluding hydrogens is 280 g/mol. The summed E-state index contributed by atoms with van der Waals surface area (Å²) in [5.41, 5.74) is 0. The highest BCUT2D eigenvalue weighted by atomic mass is 32.2. The van der Waals surface area contributed by atoms with Crippen molar-refractivity contribution in [3.8, 4) is 0 Å². The highest BCUT2D eigenvalue weighted by Gasteiger charge is 2.26. The lowest BCUT2D eigenvalue weighted by Crippen LogP contribution is -2.43. The Morgan fingerprint density at radius 2 is 2.40 bits per heavy atom. The minimum Gasteiger partial charge on any atom is -0.459 e. The quantitative estimate of drug-likeness (QED) is 0.885. The van der Waals surface area contributed by atoms with Gasteiger partial charge in [-0.15, -0.1) is 0 Å². The zero-order valence-electron chi connectivity index (χ0n) is 11.1. The van der Waals surface area contributed by atoms with E-state index in [1.165, 1.54) is 6.26 Å². The number of piperidine rings is 1. The van der Waals surface area contributed by atoms with Crippen LogP contribution in [-0.4, -0.2) is 38.9 Å². The number of carbonyl (C=O) groups is 1. The van der Waals surface area contributed by atoms with Crippen molar-refractivity contribution in [2.75, 3.05) is 19.6 Å². The van der Waals surface area contributed by atoms with E-state index in [2.05, 4.69) is 11.3 Å². The molecule has 1 unspecified atom stereocenters. The molecule has 1 aromatic heterocycles. The van der Waals surface area contributed by atoms with Gasteiger partial charge in [-0.2, -0.15) is 0 Å². The number of sulfonamides is 1. The Hall–Kier alpha value is -1.60. The fourth-order valence-electron chi connectivity index (χ4n) is 2.27. The zero-order chi connectivity index (χ0) is 14.6. The van der Waals surface area contributed by atoms with Gasteiger partial charge < -0.3 is 9.32 Å². The van der Waals surface area contributed by atoms with Crippen molar-refractivity contribution in [3.05, 3.63) is 36.1 Å². The van der Waals surface area contributed by atoms with Crippen molar-refractivity contribution < 1.29 is 17.6 Å². The topological polar surface area (TPSA) is 79.6 Å². The van der Waals surface area contributed by atoms with Gasteiger partial charge in [0, 0.05) is 25.0 Å². The number of hydrogen-bond acceptors (Lipinski definition) is 4. The van der Waals surface area contributed by atoms with Crippen LogP contribution < -0.4 is 4.72 Å². The molecule has 0 aromatic carbocycles. The highest BCUT2D eigenvalue weighted by Crippen LogP contribution is 2.18. The third-order valence-electron chi connectivity index (χ3n) is 3.33. The first-order valence-electron chi connectivity index (χ1n) is 6.47. The van der Waals surface area contributed by atoms with Crippen LogP contribution in [0.4, 0.5) is 0 Å². The Morgan fingerprint density at radius 3 is 3.05 bits per heavy atom. The van der Waals surface area contributed by atoms with Crippen LogP contribution in [0, 0.1) is 5.92 Å². The fraction of sp³-hybridized carbons (Fsp3) is 0.462. The van der Waals surface area contributed by atoms with E-state index >= 15 is 0 Å². The molecule has 7 heteroatoms. The van der Waals surface area contributed by atoms with E-state index in [1.54, 1.807) is 17.0 Å². The van der Waals surface area contributed by atoms with Crippen LogP contribution in [-0.2, 0) is 10.0 Å². The molecule has 1 aliphatic rings. The molecule has 2 heterocycles. The number of nitrogens with one attached hydrogen (secondary N) is 1. The largest absolute Gasteiger partial charge is 0.459 e. The predicted octanol–water partition coefficient (Wildman–Crippen LogP) is 1.19. The third kappa shape index (κ3) is 3.71. The Morgan fingerprint density at radius 1 is 1.60 bits per heavy atom. The molecule has 1 saturated heterocycles. The number of amides is 1. The minimum atomic E-state index is -3.41. The number of hydrogen-bond donors (Lipinski definition) is 1. The van der Waals surface area contributed by atoms with Gasteiger partial charge in [0.25, 0.3) is 5.91 Å². The van der Waals surface area contributed by atoms with Gasteiger partial charge in [-0.1, -0.05) is 6.58 Å². The van der Waals surface area contributed by atoms with E-state index in [0.717, 1.165) is 18.2 Å². The molecule has 0 aliphatic carbocycles. The molecule has 6 nitrogen and oxygen atoms in total. The molecule has 1 aliphatic heterocycles. The van der Waals surface area contributed by atoms with E-state index in [-0.39, 0.29) is 11.8 Å². The summed E-state index contributed by atoms with van der Waals surface area (Å²) in [4.78, 5) is 13.8. The summed E-state index contributed by atoms with van der Waals surface area (Å²) >= 11 is 0. The lowest BCUT2D eigenvalue weighted by atomic mass is 9.98. The maximum Gasteiger partial charge on any atom is 0.289 e. The molecule has 1 amide bonds. The van der Waals surface area contributed by atoms with E-state index in [1.807, 2.05) is 0 Å². The Kier molecular flexibility index (Phi) is 4.61. The molecule has 1 fully saturated rings. The third-order valence-corrected chi connectivity index (χ3v) is 4.34. The lowest BCUT2D eigenvalue weighted by molar-refractivity contribution is 0.0644. The molecule has 0 radical (unpaired) electrons. The van der Waals surface area contributed by atoms with Crippen LogP contribution in [0.5, 0.6) is 0 Å². The van der Waals surface area contributed by atoms with Crippen molar-refractivity contribution in [3.63, 3.8) is 0 Å². The van der Waals surface area contributed by atoms with Gasteiger partial charge in [-0.3, -0.25) is 4.79 Å². The van der Waals surface area contributed by atoms with Gasteiger partial charge in [-0.05, 0) is 30.9 Å².